The normalized spacial score (nSPS) is 21.0. The molecule has 2 unspecified atom stereocenters. The highest BCUT2D eigenvalue weighted by Gasteiger charge is 2.32. The first-order chi connectivity index (χ1) is 10.0. The number of carbonyl (C=O) groups excluding carboxylic acids is 1. The monoisotopic (exact) mass is 290 g/mol. The van der Waals surface area contributed by atoms with Crippen molar-refractivity contribution in [3.8, 4) is 0 Å². The number of aryl methyl sites for hydroxylation is 2. The molecular formula is C17H26N2O2. The van der Waals surface area contributed by atoms with Gasteiger partial charge in [0.1, 0.15) is 6.04 Å². The smallest absolute Gasteiger partial charge is 0.324 e. The van der Waals surface area contributed by atoms with Gasteiger partial charge in [-0.05, 0) is 49.9 Å². The Balaban J connectivity index is 2.11. The van der Waals surface area contributed by atoms with Crippen LogP contribution in [0.1, 0.15) is 36.0 Å². The number of piperidine rings is 1. The van der Waals surface area contributed by atoms with E-state index in [2.05, 4.69) is 36.9 Å². The molecule has 1 aliphatic rings. The maximum absolute atomic E-state index is 11.7. The topological polar surface area (TPSA) is 55.6 Å². The molecule has 2 rings (SSSR count). The quantitative estimate of drug-likeness (QED) is 0.863. The lowest BCUT2D eigenvalue weighted by Gasteiger charge is -2.38. The van der Waals surface area contributed by atoms with Crippen molar-refractivity contribution in [3.05, 3.63) is 34.9 Å². The Morgan fingerprint density at radius 3 is 2.81 bits per heavy atom. The summed E-state index contributed by atoms with van der Waals surface area (Å²) in [5.74, 6) is -0.313. The fourth-order valence-corrected chi connectivity index (χ4v) is 3.05. The van der Waals surface area contributed by atoms with Gasteiger partial charge in [0.15, 0.2) is 0 Å². The molecule has 2 atom stereocenters. The molecule has 0 aromatic heterocycles. The van der Waals surface area contributed by atoms with Crippen LogP contribution in [0.3, 0.4) is 0 Å². The number of nitrogens with two attached hydrogens (primary N) is 1. The number of ether oxygens (including phenoxy) is 1. The minimum atomic E-state index is -0.554. The predicted molar refractivity (Wildman–Crippen MR) is 84.0 cm³/mol. The SMILES string of the molecule is COC(=O)C(N)C1CCCCN1Cc1ccc(C)c(C)c1. The summed E-state index contributed by atoms with van der Waals surface area (Å²) >= 11 is 0. The molecule has 1 aromatic carbocycles. The molecule has 0 bridgehead atoms. The molecule has 4 heteroatoms. The van der Waals surface area contributed by atoms with Crippen LogP contribution in [0.5, 0.6) is 0 Å². The molecule has 0 radical (unpaired) electrons. The maximum Gasteiger partial charge on any atom is 0.324 e. The van der Waals surface area contributed by atoms with Crippen LogP contribution < -0.4 is 5.73 Å². The summed E-state index contributed by atoms with van der Waals surface area (Å²) < 4.78 is 4.81. The third-order valence-electron chi connectivity index (χ3n) is 4.51. The van der Waals surface area contributed by atoms with Gasteiger partial charge in [0.25, 0.3) is 0 Å². The van der Waals surface area contributed by atoms with Gasteiger partial charge in [0.05, 0.1) is 7.11 Å². The van der Waals surface area contributed by atoms with Crippen LogP contribution in [0.15, 0.2) is 18.2 Å². The van der Waals surface area contributed by atoms with Crippen molar-refractivity contribution in [2.45, 2.75) is 51.7 Å². The van der Waals surface area contributed by atoms with Gasteiger partial charge >= 0.3 is 5.97 Å². The highest BCUT2D eigenvalue weighted by molar-refractivity contribution is 5.76. The van der Waals surface area contributed by atoms with E-state index in [1.54, 1.807) is 0 Å². The first kappa shape index (κ1) is 16.0. The first-order valence-corrected chi connectivity index (χ1v) is 7.66. The molecule has 0 amide bonds. The number of hydrogen-bond acceptors (Lipinski definition) is 4. The minimum absolute atomic E-state index is 0.0767. The van der Waals surface area contributed by atoms with Crippen molar-refractivity contribution in [2.24, 2.45) is 5.73 Å². The van der Waals surface area contributed by atoms with Gasteiger partial charge in [-0.3, -0.25) is 9.69 Å². The largest absolute Gasteiger partial charge is 0.468 e. The van der Waals surface area contributed by atoms with Gasteiger partial charge in [-0.15, -0.1) is 0 Å². The van der Waals surface area contributed by atoms with Crippen LogP contribution in [0, 0.1) is 13.8 Å². The summed E-state index contributed by atoms with van der Waals surface area (Å²) in [4.78, 5) is 14.1. The maximum atomic E-state index is 11.7. The number of esters is 1. The van der Waals surface area contributed by atoms with Crippen LogP contribution in [0.25, 0.3) is 0 Å². The zero-order valence-electron chi connectivity index (χ0n) is 13.3. The van der Waals surface area contributed by atoms with Crippen molar-refractivity contribution in [3.63, 3.8) is 0 Å². The van der Waals surface area contributed by atoms with Crippen LogP contribution >= 0.6 is 0 Å². The zero-order valence-corrected chi connectivity index (χ0v) is 13.3. The third-order valence-corrected chi connectivity index (χ3v) is 4.51. The van der Waals surface area contributed by atoms with E-state index >= 15 is 0 Å². The second-order valence-corrected chi connectivity index (χ2v) is 6.00. The number of nitrogens with zero attached hydrogens (tertiary/aromatic N) is 1. The average molecular weight is 290 g/mol. The Labute approximate surface area is 127 Å². The molecule has 1 fully saturated rings. The van der Waals surface area contributed by atoms with E-state index in [-0.39, 0.29) is 12.0 Å². The van der Waals surface area contributed by atoms with Crippen molar-refractivity contribution < 1.29 is 9.53 Å². The second kappa shape index (κ2) is 7.05. The molecule has 2 N–H and O–H groups in total. The number of methoxy groups -OCH3 is 1. The highest BCUT2D eigenvalue weighted by Crippen LogP contribution is 2.22. The van der Waals surface area contributed by atoms with E-state index in [0.29, 0.717) is 0 Å². The molecule has 1 aromatic rings. The average Bonchev–Trinajstić information content (AvgIpc) is 2.50. The van der Waals surface area contributed by atoms with Crippen molar-refractivity contribution in [1.29, 1.82) is 0 Å². The van der Waals surface area contributed by atoms with Gasteiger partial charge in [0, 0.05) is 12.6 Å². The van der Waals surface area contributed by atoms with E-state index in [1.165, 1.54) is 23.8 Å². The lowest BCUT2D eigenvalue weighted by Crippen LogP contribution is -2.53. The van der Waals surface area contributed by atoms with Gasteiger partial charge in [-0.25, -0.2) is 0 Å². The Morgan fingerprint density at radius 1 is 1.38 bits per heavy atom. The fourth-order valence-electron chi connectivity index (χ4n) is 3.05. The molecule has 1 aliphatic heterocycles. The van der Waals surface area contributed by atoms with Gasteiger partial charge in [-0.2, -0.15) is 0 Å². The van der Waals surface area contributed by atoms with Crippen LogP contribution in [0.4, 0.5) is 0 Å². The molecule has 1 saturated heterocycles. The molecule has 0 saturated carbocycles. The summed E-state index contributed by atoms with van der Waals surface area (Å²) in [5, 5.41) is 0. The zero-order chi connectivity index (χ0) is 15.4. The van der Waals surface area contributed by atoms with Gasteiger partial charge in [-0.1, -0.05) is 24.6 Å². The van der Waals surface area contributed by atoms with E-state index < -0.39 is 6.04 Å². The van der Waals surface area contributed by atoms with E-state index in [9.17, 15) is 4.79 Å². The molecule has 0 spiro atoms. The van der Waals surface area contributed by atoms with Crippen LogP contribution in [0.2, 0.25) is 0 Å². The molecule has 4 nitrogen and oxygen atoms in total. The van der Waals surface area contributed by atoms with E-state index in [1.807, 2.05) is 0 Å². The van der Waals surface area contributed by atoms with E-state index in [4.69, 9.17) is 10.5 Å². The predicted octanol–water partition coefficient (Wildman–Crippen LogP) is 2.16. The Kier molecular flexibility index (Phi) is 5.37. The van der Waals surface area contributed by atoms with Gasteiger partial charge in [0.2, 0.25) is 0 Å². The number of hydrogen-bond donors (Lipinski definition) is 1. The van der Waals surface area contributed by atoms with Gasteiger partial charge < -0.3 is 10.5 Å². The molecule has 21 heavy (non-hydrogen) atoms. The molecule has 116 valence electrons. The standard InChI is InChI=1S/C17H26N2O2/c1-12-7-8-14(10-13(12)2)11-19-9-5-4-6-15(19)16(18)17(20)21-3/h7-8,10,15-16H,4-6,9,11,18H2,1-3H3. The first-order valence-electron chi connectivity index (χ1n) is 7.66. The van der Waals surface area contributed by atoms with E-state index in [0.717, 1.165) is 32.4 Å². The second-order valence-electron chi connectivity index (χ2n) is 6.00. The third kappa shape index (κ3) is 3.83. The molecule has 1 heterocycles. The summed E-state index contributed by atoms with van der Waals surface area (Å²) in [6.45, 7) is 6.08. The van der Waals surface area contributed by atoms with Crippen LogP contribution in [-0.2, 0) is 16.1 Å². The Bertz CT molecular complexity index is 502. The van der Waals surface area contributed by atoms with Crippen LogP contribution in [-0.4, -0.2) is 36.6 Å². The number of carbonyl (C=O) groups is 1. The number of rotatable bonds is 4. The van der Waals surface area contributed by atoms with Crippen molar-refractivity contribution in [2.75, 3.05) is 13.7 Å². The molecule has 0 aliphatic carbocycles. The number of likely N-dealkylation sites (tertiary alicyclic amines) is 1. The lowest BCUT2D eigenvalue weighted by molar-refractivity contribution is -0.144. The van der Waals surface area contributed by atoms with Crippen molar-refractivity contribution in [1.82, 2.24) is 4.90 Å². The minimum Gasteiger partial charge on any atom is -0.468 e. The van der Waals surface area contributed by atoms with Crippen molar-refractivity contribution >= 4 is 5.97 Å². The molecular weight excluding hydrogens is 264 g/mol. The summed E-state index contributed by atoms with van der Waals surface area (Å²) in [6, 6.07) is 6.07. The summed E-state index contributed by atoms with van der Waals surface area (Å²) in [6.07, 6.45) is 3.25. The Hall–Kier alpha value is -1.39. The highest BCUT2D eigenvalue weighted by atomic mass is 16.5. The summed E-state index contributed by atoms with van der Waals surface area (Å²) in [7, 11) is 1.40. The lowest BCUT2D eigenvalue weighted by atomic mass is 9.95. The summed E-state index contributed by atoms with van der Waals surface area (Å²) in [5.41, 5.74) is 9.97. The Morgan fingerprint density at radius 2 is 2.14 bits per heavy atom. The fraction of sp³-hybridized carbons (Fsp3) is 0.588. The number of benzene rings is 1.